The molecule has 0 aliphatic carbocycles. The highest BCUT2D eigenvalue weighted by atomic mass is 32.1. The average molecular weight is 319 g/mol. The van der Waals surface area contributed by atoms with Gasteiger partial charge in [0.15, 0.2) is 0 Å². The van der Waals surface area contributed by atoms with Crippen LogP contribution in [0.25, 0.3) is 0 Å². The third-order valence-corrected chi connectivity index (χ3v) is 4.54. The zero-order valence-electron chi connectivity index (χ0n) is 12.2. The summed E-state index contributed by atoms with van der Waals surface area (Å²) < 4.78 is 12.9. The van der Waals surface area contributed by atoms with Crippen LogP contribution in [-0.2, 0) is 11.2 Å². The molecule has 1 saturated heterocycles. The minimum Gasteiger partial charge on any atom is -0.368 e. The number of hydrogen-bond acceptors (Lipinski definition) is 4. The normalized spacial score (nSPS) is 15.1. The Morgan fingerprint density at radius 3 is 2.55 bits per heavy atom. The molecule has 0 radical (unpaired) electrons. The van der Waals surface area contributed by atoms with Gasteiger partial charge in [0.2, 0.25) is 5.91 Å². The first-order valence-corrected chi connectivity index (χ1v) is 8.32. The number of thiazole rings is 1. The second-order valence-electron chi connectivity index (χ2n) is 5.32. The summed E-state index contributed by atoms with van der Waals surface area (Å²) in [6.45, 7) is 3.00. The number of carbonyl (C=O) groups excluding carboxylic acids is 1. The number of halogens is 1. The molecule has 2 heterocycles. The molecule has 0 bridgehead atoms. The number of aryl methyl sites for hydroxylation is 1. The van der Waals surface area contributed by atoms with Crippen LogP contribution in [0.15, 0.2) is 35.2 Å². The van der Waals surface area contributed by atoms with Crippen molar-refractivity contribution in [2.75, 3.05) is 31.1 Å². The van der Waals surface area contributed by atoms with E-state index in [0.717, 1.165) is 24.5 Å². The van der Waals surface area contributed by atoms with Gasteiger partial charge in [-0.2, -0.15) is 0 Å². The van der Waals surface area contributed by atoms with Crippen LogP contribution in [0.4, 0.5) is 10.1 Å². The van der Waals surface area contributed by atoms with E-state index in [1.807, 2.05) is 10.3 Å². The molecule has 2 aromatic rings. The third kappa shape index (κ3) is 3.62. The summed E-state index contributed by atoms with van der Waals surface area (Å²) in [7, 11) is 0. The lowest BCUT2D eigenvalue weighted by Gasteiger charge is -2.36. The number of anilines is 1. The van der Waals surface area contributed by atoms with Crippen LogP contribution < -0.4 is 4.90 Å². The molecule has 4 nitrogen and oxygen atoms in total. The molecule has 1 amide bonds. The van der Waals surface area contributed by atoms with Crippen molar-refractivity contribution in [1.29, 1.82) is 0 Å². The highest BCUT2D eigenvalue weighted by molar-refractivity contribution is 7.07. The van der Waals surface area contributed by atoms with E-state index in [1.165, 1.54) is 12.1 Å². The molecule has 1 aromatic heterocycles. The Balaban J connectivity index is 1.48. The summed E-state index contributed by atoms with van der Waals surface area (Å²) in [5.41, 5.74) is 3.79. The van der Waals surface area contributed by atoms with Crippen molar-refractivity contribution < 1.29 is 9.18 Å². The van der Waals surface area contributed by atoms with E-state index >= 15 is 0 Å². The fourth-order valence-electron chi connectivity index (χ4n) is 2.62. The Morgan fingerprint density at radius 2 is 1.91 bits per heavy atom. The maximum atomic E-state index is 12.9. The number of piperazine rings is 1. The molecule has 1 aliphatic heterocycles. The van der Waals surface area contributed by atoms with Gasteiger partial charge in [0.1, 0.15) is 5.82 Å². The first-order chi connectivity index (χ1) is 10.7. The van der Waals surface area contributed by atoms with Crippen molar-refractivity contribution in [3.63, 3.8) is 0 Å². The van der Waals surface area contributed by atoms with Crippen LogP contribution in [0.5, 0.6) is 0 Å². The van der Waals surface area contributed by atoms with Crippen molar-refractivity contribution in [2.24, 2.45) is 0 Å². The third-order valence-electron chi connectivity index (χ3n) is 3.90. The quantitative estimate of drug-likeness (QED) is 0.869. The zero-order chi connectivity index (χ0) is 15.4. The molecule has 0 spiro atoms. The molecular formula is C16H18FN3OS. The van der Waals surface area contributed by atoms with E-state index < -0.39 is 0 Å². The first kappa shape index (κ1) is 15.0. The number of benzene rings is 1. The highest BCUT2D eigenvalue weighted by Gasteiger charge is 2.21. The van der Waals surface area contributed by atoms with E-state index in [1.54, 1.807) is 29.0 Å². The van der Waals surface area contributed by atoms with E-state index in [2.05, 4.69) is 9.88 Å². The Labute approximate surface area is 133 Å². The number of hydrogen-bond donors (Lipinski definition) is 0. The van der Waals surface area contributed by atoms with Gasteiger partial charge < -0.3 is 9.80 Å². The molecule has 0 atom stereocenters. The first-order valence-electron chi connectivity index (χ1n) is 7.38. The molecule has 1 fully saturated rings. The van der Waals surface area contributed by atoms with Gasteiger partial charge in [-0.05, 0) is 30.7 Å². The number of aromatic nitrogens is 1. The van der Waals surface area contributed by atoms with Crippen LogP contribution in [0, 0.1) is 5.82 Å². The summed E-state index contributed by atoms with van der Waals surface area (Å²) in [5.74, 6) is -0.0358. The minimum absolute atomic E-state index is 0.187. The molecule has 3 rings (SSSR count). The van der Waals surface area contributed by atoms with Crippen molar-refractivity contribution in [2.45, 2.75) is 12.8 Å². The van der Waals surface area contributed by atoms with E-state index in [0.29, 0.717) is 25.9 Å². The number of nitrogens with zero attached hydrogens (tertiary/aromatic N) is 3. The molecule has 0 unspecified atom stereocenters. The summed E-state index contributed by atoms with van der Waals surface area (Å²) in [5, 5.41) is 1.99. The fraction of sp³-hybridized carbons (Fsp3) is 0.375. The van der Waals surface area contributed by atoms with Crippen molar-refractivity contribution in [1.82, 2.24) is 9.88 Å². The molecule has 0 N–H and O–H groups in total. The van der Waals surface area contributed by atoms with Crippen molar-refractivity contribution in [3.05, 3.63) is 46.7 Å². The summed E-state index contributed by atoms with van der Waals surface area (Å²) in [6, 6.07) is 6.52. The summed E-state index contributed by atoms with van der Waals surface area (Å²) in [6.07, 6.45) is 1.22. The molecule has 6 heteroatoms. The fourth-order valence-corrected chi connectivity index (χ4v) is 3.21. The maximum Gasteiger partial charge on any atom is 0.223 e. The molecule has 0 saturated carbocycles. The average Bonchev–Trinajstić information content (AvgIpc) is 3.07. The second kappa shape index (κ2) is 6.87. The monoisotopic (exact) mass is 319 g/mol. The van der Waals surface area contributed by atoms with Gasteiger partial charge in [0.25, 0.3) is 0 Å². The number of amides is 1. The lowest BCUT2D eigenvalue weighted by Crippen LogP contribution is -2.48. The second-order valence-corrected chi connectivity index (χ2v) is 6.04. The molecule has 1 aliphatic rings. The zero-order valence-corrected chi connectivity index (χ0v) is 13.1. The van der Waals surface area contributed by atoms with Gasteiger partial charge in [0, 0.05) is 43.7 Å². The van der Waals surface area contributed by atoms with Gasteiger partial charge in [-0.25, -0.2) is 9.37 Å². The Hall–Kier alpha value is -1.95. The highest BCUT2D eigenvalue weighted by Crippen LogP contribution is 2.17. The Bertz CT molecular complexity index is 607. The lowest BCUT2D eigenvalue weighted by molar-refractivity contribution is -0.131. The van der Waals surface area contributed by atoms with Gasteiger partial charge in [-0.1, -0.05) is 0 Å². The molecular weight excluding hydrogens is 301 g/mol. The molecule has 22 heavy (non-hydrogen) atoms. The van der Waals surface area contributed by atoms with E-state index in [9.17, 15) is 9.18 Å². The predicted molar refractivity (Wildman–Crippen MR) is 85.6 cm³/mol. The smallest absolute Gasteiger partial charge is 0.223 e. The van der Waals surface area contributed by atoms with Crippen LogP contribution in [-0.4, -0.2) is 42.0 Å². The number of carbonyl (C=O) groups is 1. The number of rotatable bonds is 4. The van der Waals surface area contributed by atoms with Crippen LogP contribution >= 0.6 is 11.3 Å². The molecule has 1 aromatic carbocycles. The van der Waals surface area contributed by atoms with Crippen LogP contribution in [0.1, 0.15) is 12.1 Å². The summed E-state index contributed by atoms with van der Waals surface area (Å²) >= 11 is 1.56. The summed E-state index contributed by atoms with van der Waals surface area (Å²) in [4.78, 5) is 20.5. The molecule has 116 valence electrons. The van der Waals surface area contributed by atoms with Crippen LogP contribution in [0.3, 0.4) is 0 Å². The largest absolute Gasteiger partial charge is 0.368 e. The Morgan fingerprint density at radius 1 is 1.18 bits per heavy atom. The Kier molecular flexibility index (Phi) is 4.68. The van der Waals surface area contributed by atoms with Crippen LogP contribution in [0.2, 0.25) is 0 Å². The maximum absolute atomic E-state index is 12.9. The van der Waals surface area contributed by atoms with Crippen molar-refractivity contribution in [3.8, 4) is 0 Å². The standard InChI is InChI=1S/C16H18FN3OS/c17-13-1-4-15(5-2-13)19-7-9-20(10-8-19)16(21)6-3-14-11-22-12-18-14/h1-2,4-5,11-12H,3,6-10H2. The van der Waals surface area contributed by atoms with Gasteiger partial charge >= 0.3 is 0 Å². The predicted octanol–water partition coefficient (Wildman–Crippen LogP) is 2.56. The van der Waals surface area contributed by atoms with Gasteiger partial charge in [0.05, 0.1) is 11.2 Å². The van der Waals surface area contributed by atoms with E-state index in [4.69, 9.17) is 0 Å². The minimum atomic E-state index is -0.223. The van der Waals surface area contributed by atoms with E-state index in [-0.39, 0.29) is 11.7 Å². The van der Waals surface area contributed by atoms with Gasteiger partial charge in [-0.15, -0.1) is 11.3 Å². The van der Waals surface area contributed by atoms with Gasteiger partial charge in [-0.3, -0.25) is 4.79 Å². The van der Waals surface area contributed by atoms with Crippen molar-refractivity contribution >= 4 is 22.9 Å². The SMILES string of the molecule is O=C(CCc1cscn1)N1CCN(c2ccc(F)cc2)CC1. The topological polar surface area (TPSA) is 36.4 Å². The lowest BCUT2D eigenvalue weighted by atomic mass is 10.2.